The summed E-state index contributed by atoms with van der Waals surface area (Å²) in [7, 11) is 0. The maximum atomic E-state index is 14.3. The van der Waals surface area contributed by atoms with Gasteiger partial charge < -0.3 is 10.2 Å². The van der Waals surface area contributed by atoms with Crippen LogP contribution >= 0.6 is 0 Å². The second-order valence-corrected chi connectivity index (χ2v) is 15.4. The van der Waals surface area contributed by atoms with E-state index in [0.29, 0.717) is 22.3 Å². The number of fused-ring (bicyclic) bond motifs is 4. The van der Waals surface area contributed by atoms with Crippen LogP contribution in [0, 0.1) is 13.0 Å². The molecule has 0 radical (unpaired) electrons. The summed E-state index contributed by atoms with van der Waals surface area (Å²) in [4.78, 5) is 10.1. The first kappa shape index (κ1) is 40.4. The average molecular weight is 956 g/mol. The molecule has 9 aromatic rings. The van der Waals surface area contributed by atoms with E-state index < -0.39 is 0 Å². The third kappa shape index (κ3) is 8.25. The van der Waals surface area contributed by atoms with Crippen LogP contribution < -0.4 is 10.2 Å². The maximum Gasteiger partial charge on any atom is 3.00 e. The van der Waals surface area contributed by atoms with Crippen molar-refractivity contribution in [1.82, 2.24) is 0 Å². The van der Waals surface area contributed by atoms with E-state index in [4.69, 9.17) is 9.98 Å². The normalized spacial score (nSPS) is 15.3. The molecular weight excluding hydrogens is 913 g/mol. The summed E-state index contributed by atoms with van der Waals surface area (Å²) in [6.45, 7) is 2.06. The van der Waals surface area contributed by atoms with E-state index in [0.717, 1.165) is 79.9 Å². The van der Waals surface area contributed by atoms with E-state index in [1.165, 1.54) is 5.56 Å². The minimum absolute atomic E-state index is 0. The SMILES string of the molecule is Cc1cc[c-]cc1.[Ir+3].[O-]c1c(C=N[C@@H]2CCCC[C@H]2N=Cc2cc3ccccc3c(-c3cccc4ccccc34)c2[O-])cc2ccccc2c1-c1cccc2ccccc12. The molecule has 0 N–H and O–H groups in total. The monoisotopic (exact) mass is 956 g/mol. The van der Waals surface area contributed by atoms with Gasteiger partial charge in [-0.05, 0) is 101 Å². The second-order valence-electron chi connectivity index (χ2n) is 15.4. The van der Waals surface area contributed by atoms with Crippen LogP contribution in [0.15, 0.2) is 180 Å². The molecule has 5 heteroatoms. The van der Waals surface area contributed by atoms with Crippen molar-refractivity contribution in [2.24, 2.45) is 9.98 Å². The topological polar surface area (TPSA) is 70.8 Å². The molecule has 0 saturated heterocycles. The summed E-state index contributed by atoms with van der Waals surface area (Å²) in [5.74, 6) is -0.0504. The number of aliphatic imine (C=N–C) groups is 2. The van der Waals surface area contributed by atoms with Crippen molar-refractivity contribution in [3.05, 3.63) is 193 Å². The molecule has 9 aromatic carbocycles. The number of hydrogen-bond donors (Lipinski definition) is 0. The summed E-state index contributed by atoms with van der Waals surface area (Å²) < 4.78 is 0. The van der Waals surface area contributed by atoms with Gasteiger partial charge in [0.05, 0.1) is 12.1 Å². The van der Waals surface area contributed by atoms with Gasteiger partial charge in [-0.3, -0.25) is 9.98 Å². The molecule has 10 rings (SSSR count). The van der Waals surface area contributed by atoms with Crippen molar-refractivity contribution in [2.45, 2.75) is 44.7 Å². The molecule has 4 nitrogen and oxygen atoms in total. The first-order valence-electron chi connectivity index (χ1n) is 20.4. The zero-order chi connectivity index (χ0) is 40.1. The number of rotatable bonds is 6. The summed E-state index contributed by atoms with van der Waals surface area (Å²) in [5, 5.41) is 36.8. The Morgan fingerprint density at radius 2 is 0.867 bits per heavy atom. The van der Waals surface area contributed by atoms with Crippen LogP contribution in [0.3, 0.4) is 0 Å². The van der Waals surface area contributed by atoms with Gasteiger partial charge in [0.2, 0.25) is 0 Å². The number of hydrogen-bond acceptors (Lipinski definition) is 4. The van der Waals surface area contributed by atoms with E-state index in [2.05, 4.69) is 61.5 Å². The Bertz CT molecular complexity index is 2810. The molecule has 1 aliphatic rings. The van der Waals surface area contributed by atoms with Gasteiger partial charge in [-0.15, -0.1) is 0 Å². The predicted octanol–water partition coefficient (Wildman–Crippen LogP) is 12.4. The number of nitrogens with zero attached hydrogens (tertiary/aromatic N) is 2. The standard InChI is InChI=1S/C48H38N2O2.C7H7.Ir/c51-47-35(27-33-15-3-7-21-39(33)45(47)41-23-11-17-31-13-1-5-19-37(31)41)29-49-43-25-9-10-26-44(43)50-30-36-28-34-16-4-8-22-40(34)46(48(36)52)42-24-12-18-32-14-2-6-20-38(32)42;1-7-5-3-2-4-6-7;/h1-8,11-24,27-30,43-44,51-52H,9-10,25-26H2;3-6H,1H3;/q;-1;+3/p-2/t43-,44-;;/m1../s1. The molecule has 0 amide bonds. The van der Waals surface area contributed by atoms with E-state index in [1.807, 2.05) is 121 Å². The predicted molar refractivity (Wildman–Crippen MR) is 244 cm³/mol. The van der Waals surface area contributed by atoms with Crippen molar-refractivity contribution in [3.63, 3.8) is 0 Å². The van der Waals surface area contributed by atoms with Crippen LogP contribution in [0.2, 0.25) is 0 Å². The fraction of sp³-hybridized carbons (Fsp3) is 0.127. The van der Waals surface area contributed by atoms with E-state index in [1.54, 1.807) is 12.4 Å². The van der Waals surface area contributed by atoms with Gasteiger partial charge in [0.15, 0.2) is 0 Å². The van der Waals surface area contributed by atoms with Crippen LogP contribution in [0.4, 0.5) is 0 Å². The fourth-order valence-electron chi connectivity index (χ4n) is 8.58. The molecule has 0 aliphatic heterocycles. The summed E-state index contributed by atoms with van der Waals surface area (Å²) in [6, 6.07) is 59.4. The molecule has 2 atom stereocenters. The third-order valence-electron chi connectivity index (χ3n) is 11.6. The third-order valence-corrected chi connectivity index (χ3v) is 11.6. The molecular formula is C55H43IrN2O2. The first-order valence-corrected chi connectivity index (χ1v) is 20.4. The van der Waals surface area contributed by atoms with Crippen molar-refractivity contribution in [1.29, 1.82) is 0 Å². The number of benzene rings is 9. The molecule has 0 bridgehead atoms. The van der Waals surface area contributed by atoms with Gasteiger partial charge in [-0.25, -0.2) is 0 Å². The van der Waals surface area contributed by atoms with Crippen molar-refractivity contribution >= 4 is 55.5 Å². The molecule has 0 unspecified atom stereocenters. The molecule has 1 aliphatic carbocycles. The Morgan fingerprint density at radius 1 is 0.483 bits per heavy atom. The Labute approximate surface area is 365 Å². The Hall–Kier alpha value is -6.39. The van der Waals surface area contributed by atoms with Crippen LogP contribution in [0.25, 0.3) is 65.3 Å². The quantitative estimate of drug-likeness (QED) is 0.123. The first-order chi connectivity index (χ1) is 29.0. The minimum Gasteiger partial charge on any atom is -0.872 e. The molecule has 1 fully saturated rings. The van der Waals surface area contributed by atoms with Gasteiger partial charge in [0.1, 0.15) is 0 Å². The van der Waals surface area contributed by atoms with Crippen molar-refractivity contribution < 1.29 is 30.3 Å². The second kappa shape index (κ2) is 18.3. The molecule has 0 aromatic heterocycles. The molecule has 60 heavy (non-hydrogen) atoms. The van der Waals surface area contributed by atoms with Crippen LogP contribution in [-0.4, -0.2) is 24.5 Å². The van der Waals surface area contributed by atoms with Gasteiger partial charge in [0.25, 0.3) is 0 Å². The van der Waals surface area contributed by atoms with Crippen LogP contribution in [-0.2, 0) is 20.1 Å². The Balaban J connectivity index is 0.000000568. The molecule has 0 heterocycles. The van der Waals surface area contributed by atoms with Crippen molar-refractivity contribution in [2.75, 3.05) is 0 Å². The molecule has 0 spiro atoms. The molecule has 1 saturated carbocycles. The fourth-order valence-corrected chi connectivity index (χ4v) is 8.58. The zero-order valence-electron chi connectivity index (χ0n) is 33.3. The largest absolute Gasteiger partial charge is 3.00 e. The summed E-state index contributed by atoms with van der Waals surface area (Å²) in [6.07, 6.45) is 7.39. The van der Waals surface area contributed by atoms with Gasteiger partial charge in [-0.1, -0.05) is 165 Å². The summed E-state index contributed by atoms with van der Waals surface area (Å²) >= 11 is 0. The van der Waals surface area contributed by atoms with E-state index >= 15 is 0 Å². The van der Waals surface area contributed by atoms with Crippen LogP contribution in [0.5, 0.6) is 11.5 Å². The van der Waals surface area contributed by atoms with Gasteiger partial charge in [0, 0.05) is 12.4 Å². The van der Waals surface area contributed by atoms with Gasteiger partial charge in [-0.2, -0.15) is 35.9 Å². The van der Waals surface area contributed by atoms with Gasteiger partial charge >= 0.3 is 20.1 Å². The van der Waals surface area contributed by atoms with E-state index in [-0.39, 0.29) is 43.7 Å². The molecule has 294 valence electrons. The smallest absolute Gasteiger partial charge is 0.872 e. The minimum atomic E-state index is -0.0926. The maximum absolute atomic E-state index is 14.3. The Kier molecular flexibility index (Phi) is 12.3. The average Bonchev–Trinajstić information content (AvgIpc) is 3.28. The Morgan fingerprint density at radius 3 is 1.28 bits per heavy atom. The number of aryl methyl sites for hydroxylation is 1. The van der Waals surface area contributed by atoms with Crippen LogP contribution in [0.1, 0.15) is 42.4 Å². The zero-order valence-corrected chi connectivity index (χ0v) is 35.7. The van der Waals surface area contributed by atoms with E-state index in [9.17, 15) is 10.2 Å². The van der Waals surface area contributed by atoms with Crippen molar-refractivity contribution in [3.8, 4) is 33.8 Å². The summed E-state index contributed by atoms with van der Waals surface area (Å²) in [5.41, 5.74) is 5.71.